The van der Waals surface area contributed by atoms with Crippen LogP contribution in [0, 0.1) is 23.3 Å². The van der Waals surface area contributed by atoms with Crippen molar-refractivity contribution in [2.75, 3.05) is 46.0 Å². The van der Waals surface area contributed by atoms with Gasteiger partial charge < -0.3 is 45.3 Å². The Morgan fingerprint density at radius 3 is 1.04 bits per heavy atom. The van der Waals surface area contributed by atoms with Gasteiger partial charge in [-0.1, -0.05) is 63.4 Å². The van der Waals surface area contributed by atoms with Gasteiger partial charge in [-0.25, -0.2) is 17.6 Å². The van der Waals surface area contributed by atoms with Gasteiger partial charge in [-0.15, -0.1) is 11.6 Å². The van der Waals surface area contributed by atoms with Gasteiger partial charge >= 0.3 is 29.6 Å². The molecule has 1 atom stereocenters. The number of thioether (sulfide) groups is 2. The molecule has 5 heterocycles. The van der Waals surface area contributed by atoms with Gasteiger partial charge in [0.05, 0.1) is 5.60 Å². The summed E-state index contributed by atoms with van der Waals surface area (Å²) in [4.78, 5) is 9.44. The van der Waals surface area contributed by atoms with E-state index >= 15 is 0 Å². The van der Waals surface area contributed by atoms with Crippen LogP contribution >= 0.6 is 35.1 Å². The Balaban J connectivity index is -0.000000231. The minimum Gasteiger partial charge on any atom is -1.00 e. The quantitative estimate of drug-likeness (QED) is 0.0824. The number of carbonyl (C=O) groups excluding carboxylic acids is 1. The van der Waals surface area contributed by atoms with E-state index in [1.165, 1.54) is 158 Å². The monoisotopic (exact) mass is 1100 g/mol. The Morgan fingerprint density at radius 1 is 0.574 bits per heavy atom. The standard InChI is InChI=1S/2C11H14FS.C10H11FO.C7H6ClF.2C4H8S.C3H6O.2CH4.2ClH.Na.2H2O/c2*12-11-5-3-10(4-6-11)9-13-7-1-2-8-13;1-10(2)9(12-10)7-3-5-8(11)6-4-7;8-5-6-1-3-7(9)4-2-6;2*1-2-4-5-3-1;1-3(2)4;;;;;;;/h2*3-6H,1-2,7-9H2;3-6,9H,1-2H3;1-4H,5H2;2*1-4H2;1-2H3;2*1H4;2*1H;;2*1H2/q2*+1;;;;;;;;;;+1;;/p-3. The molecule has 68 heavy (non-hydrogen) atoms. The van der Waals surface area contributed by atoms with Crippen LogP contribution in [0.5, 0.6) is 0 Å². The summed E-state index contributed by atoms with van der Waals surface area (Å²) < 4.78 is 55.3. The van der Waals surface area contributed by atoms with E-state index in [0.717, 1.165) is 11.1 Å². The average Bonchev–Trinajstić information content (AvgIpc) is 4.03. The molecule has 0 radical (unpaired) electrons. The third-order valence-corrected chi connectivity index (χ3v) is 17.3. The molecule has 16 heteroatoms. The number of halogens is 7. The summed E-state index contributed by atoms with van der Waals surface area (Å²) >= 11 is 9.60. The Kier molecular flexibility index (Phi) is 50.6. The van der Waals surface area contributed by atoms with Crippen LogP contribution in [0.15, 0.2) is 97.1 Å². The topological polar surface area (TPSA) is 91.1 Å². The molecule has 9 rings (SSSR count). The maximum Gasteiger partial charge on any atom is 1.00 e. The third kappa shape index (κ3) is 36.4. The summed E-state index contributed by atoms with van der Waals surface area (Å²) in [5.41, 5.74) is 4.54. The molecule has 4 aromatic rings. The fraction of sp³-hybridized carbons (Fsp3) is 0.519. The molecule has 0 aromatic heterocycles. The first-order valence-corrected chi connectivity index (χ1v) is 27.8. The van der Waals surface area contributed by atoms with Crippen molar-refractivity contribution in [2.45, 2.75) is 123 Å². The molecular formula is C52H78Cl3F4NaO4S4. The van der Waals surface area contributed by atoms with E-state index in [1.807, 2.05) is 38.1 Å². The summed E-state index contributed by atoms with van der Waals surface area (Å²) in [7, 11) is 1.19. The number of ether oxygens (including phenoxy) is 1. The zero-order chi connectivity index (χ0) is 44.3. The summed E-state index contributed by atoms with van der Waals surface area (Å²) in [5, 5.41) is 0. The van der Waals surface area contributed by atoms with E-state index in [4.69, 9.17) is 16.3 Å². The van der Waals surface area contributed by atoms with Crippen LogP contribution < -0.4 is 54.4 Å². The van der Waals surface area contributed by atoms with Crippen LogP contribution in [-0.4, -0.2) is 68.4 Å². The number of epoxide rings is 1. The van der Waals surface area contributed by atoms with E-state index in [1.54, 1.807) is 48.5 Å². The third-order valence-electron chi connectivity index (χ3n) is 9.69. The minimum atomic E-state index is -0.219. The Labute approximate surface area is 462 Å². The van der Waals surface area contributed by atoms with E-state index in [0.29, 0.717) is 27.7 Å². The van der Waals surface area contributed by atoms with Crippen molar-refractivity contribution >= 4 is 62.7 Å². The predicted octanol–water partition coefficient (Wildman–Crippen LogP) is 5.62. The van der Waals surface area contributed by atoms with Gasteiger partial charge in [0, 0.05) is 17.0 Å². The number of Topliss-reactive ketones (excluding diaryl/α,β-unsaturated/α-hetero) is 1. The predicted molar refractivity (Wildman–Crippen MR) is 282 cm³/mol. The molecule has 1 unspecified atom stereocenters. The second kappa shape index (κ2) is 45.1. The average molecular weight is 1100 g/mol. The van der Waals surface area contributed by atoms with Gasteiger partial charge in [-0.05, 0) is 184 Å². The largest absolute Gasteiger partial charge is 1.00 e. The van der Waals surface area contributed by atoms with E-state index in [9.17, 15) is 22.4 Å². The Bertz CT molecular complexity index is 1660. The molecule has 384 valence electrons. The molecule has 0 bridgehead atoms. The SMILES string of the molecule is C.C.C1CCSC1.C1CCSC1.CC(C)=O.CC1(C)OC1c1ccc(F)cc1.Fc1ccc(CCl)cc1.Fc1ccc(C[S+]2CCCC2)cc1.Fc1ccc(C[S+]2CCCC2)cc1.O.[Cl-].[Cl-].[Na+].[OH-]. The van der Waals surface area contributed by atoms with Gasteiger partial charge in [-0.2, -0.15) is 23.5 Å². The summed E-state index contributed by atoms with van der Waals surface area (Å²) in [6.07, 6.45) is 11.6. The molecule has 5 aliphatic heterocycles. The zero-order valence-corrected chi connectivity index (χ0v) is 46.8. The Hall–Kier alpha value is -0.580. The second-order valence-electron chi connectivity index (χ2n) is 16.0. The van der Waals surface area contributed by atoms with Crippen LogP contribution in [0.3, 0.4) is 0 Å². The van der Waals surface area contributed by atoms with Crippen molar-refractivity contribution in [1.82, 2.24) is 0 Å². The number of hydrogen-bond acceptors (Lipinski definition) is 5. The maximum absolute atomic E-state index is 12.6. The first-order valence-electron chi connectivity index (χ1n) is 21.5. The van der Waals surface area contributed by atoms with Crippen LogP contribution in [0.2, 0.25) is 0 Å². The van der Waals surface area contributed by atoms with E-state index in [-0.39, 0.29) is 121 Å². The number of rotatable bonds is 6. The normalized spacial score (nSPS) is 16.5. The van der Waals surface area contributed by atoms with E-state index in [2.05, 4.69) is 23.5 Å². The number of hydrogen-bond donors (Lipinski definition) is 0. The molecule has 0 spiro atoms. The summed E-state index contributed by atoms with van der Waals surface area (Å²) in [6, 6.07) is 26.5. The van der Waals surface area contributed by atoms with Crippen molar-refractivity contribution in [3.05, 3.63) is 143 Å². The second-order valence-corrected chi connectivity index (χ2v) is 23.3. The number of carbonyl (C=O) groups is 1. The van der Waals surface area contributed by atoms with Crippen molar-refractivity contribution in [3.8, 4) is 0 Å². The van der Waals surface area contributed by atoms with Crippen molar-refractivity contribution < 1.29 is 92.4 Å². The molecule has 4 aromatic carbocycles. The Morgan fingerprint density at radius 2 is 0.824 bits per heavy atom. The zero-order valence-electron chi connectivity index (χ0n) is 39.3. The number of benzene rings is 4. The van der Waals surface area contributed by atoms with Gasteiger partial charge in [0.25, 0.3) is 0 Å². The first kappa shape index (κ1) is 76.3. The van der Waals surface area contributed by atoms with Crippen LogP contribution in [0.25, 0.3) is 0 Å². The number of alkyl halides is 1. The molecule has 4 nitrogen and oxygen atoms in total. The number of ketones is 1. The first-order chi connectivity index (χ1) is 29.3. The molecule has 5 fully saturated rings. The van der Waals surface area contributed by atoms with E-state index < -0.39 is 0 Å². The maximum atomic E-state index is 12.6. The molecule has 5 saturated heterocycles. The van der Waals surface area contributed by atoms with Gasteiger partial charge in [0.1, 0.15) is 69.7 Å². The van der Waals surface area contributed by atoms with Gasteiger partial charge in [-0.3, -0.25) is 0 Å². The van der Waals surface area contributed by atoms with Crippen molar-refractivity contribution in [2.24, 2.45) is 0 Å². The smallest absolute Gasteiger partial charge is 1.00 e. The summed E-state index contributed by atoms with van der Waals surface area (Å²) in [6.45, 7) is 7.11. The molecule has 5 aliphatic rings. The van der Waals surface area contributed by atoms with Crippen molar-refractivity contribution in [1.29, 1.82) is 0 Å². The fourth-order valence-electron chi connectivity index (χ4n) is 6.32. The molecule has 3 N–H and O–H groups in total. The van der Waals surface area contributed by atoms with Gasteiger partial charge in [0.15, 0.2) is 0 Å². The molecule has 0 aliphatic carbocycles. The fourth-order valence-corrected chi connectivity index (χ4v) is 13.3. The van der Waals surface area contributed by atoms with Gasteiger partial charge in [0.2, 0.25) is 0 Å². The molecular weight excluding hydrogens is 1020 g/mol. The molecule has 0 amide bonds. The van der Waals surface area contributed by atoms with Crippen LogP contribution in [-0.2, 0) is 48.7 Å². The van der Waals surface area contributed by atoms with Crippen LogP contribution in [0.1, 0.15) is 122 Å². The van der Waals surface area contributed by atoms with Crippen LogP contribution in [0.4, 0.5) is 17.6 Å². The summed E-state index contributed by atoms with van der Waals surface area (Å²) in [5.74, 6) is 13.5. The molecule has 0 saturated carbocycles. The van der Waals surface area contributed by atoms with Crippen molar-refractivity contribution in [3.63, 3.8) is 0 Å². The minimum absolute atomic E-state index is 0.